The fourth-order valence-corrected chi connectivity index (χ4v) is 7.26. The smallest absolute Gasteiger partial charge is 0.396 e. The normalized spacial score (nSPS) is 33.8. The second-order valence-corrected chi connectivity index (χ2v) is 12.5. The van der Waals surface area contributed by atoms with Gasteiger partial charge in [0.05, 0.1) is 18.4 Å². The van der Waals surface area contributed by atoms with Crippen molar-refractivity contribution in [2.75, 3.05) is 39.3 Å². The lowest BCUT2D eigenvalue weighted by Gasteiger charge is -2.36. The van der Waals surface area contributed by atoms with Gasteiger partial charge >= 0.3 is 10.5 Å². The molecule has 6 unspecified atom stereocenters. The molecule has 2 aliphatic carbocycles. The lowest BCUT2D eigenvalue weighted by atomic mass is 9.84. The molecule has 0 aromatic heterocycles. The van der Waals surface area contributed by atoms with E-state index in [1.54, 1.807) is 0 Å². The van der Waals surface area contributed by atoms with Crippen LogP contribution in [0.25, 0.3) is 0 Å². The molecule has 2 aliphatic heterocycles. The van der Waals surface area contributed by atoms with E-state index >= 15 is 0 Å². The maximum absolute atomic E-state index is 13.0. The molecule has 6 atom stereocenters. The number of amides is 1. The molecule has 11 nitrogen and oxygen atoms in total. The van der Waals surface area contributed by atoms with Gasteiger partial charge in [0.25, 0.3) is 0 Å². The summed E-state index contributed by atoms with van der Waals surface area (Å²) in [6.45, 7) is 4.32. The Hall–Kier alpha value is -0.930. The van der Waals surface area contributed by atoms with Crippen LogP contribution < -0.4 is 26.8 Å². The summed E-state index contributed by atoms with van der Waals surface area (Å²) in [4.78, 5) is 15.4. The van der Waals surface area contributed by atoms with Gasteiger partial charge in [-0.1, -0.05) is 16.7 Å². The third kappa shape index (κ3) is 9.05. The van der Waals surface area contributed by atoms with E-state index in [0.29, 0.717) is 25.3 Å². The fourth-order valence-electron chi connectivity index (χ4n) is 6.76. The summed E-state index contributed by atoms with van der Waals surface area (Å²) in [5.41, 5.74) is 6.98. The number of piperidine rings is 1. The molecular formula is C25H47FN6O5S. The van der Waals surface area contributed by atoms with Crippen molar-refractivity contribution in [3.8, 4) is 0 Å². The predicted octanol–water partition coefficient (Wildman–Crippen LogP) is 0.485. The first-order valence-corrected chi connectivity index (χ1v) is 15.9. The highest BCUT2D eigenvalue weighted by Gasteiger charge is 2.38. The number of aliphatic hydroxyl groups is 1. The molecule has 6 N–H and O–H groups in total. The average Bonchev–Trinajstić information content (AvgIpc) is 3.32. The molecule has 2 saturated carbocycles. The van der Waals surface area contributed by atoms with Gasteiger partial charge < -0.3 is 21.1 Å². The number of nitrogens with zero attached hydrogens (tertiary/aromatic N) is 1. The summed E-state index contributed by atoms with van der Waals surface area (Å²) in [7, 11) is -4.95. The van der Waals surface area contributed by atoms with Gasteiger partial charge in [0.15, 0.2) is 0 Å². The first kappa shape index (κ1) is 30.0. The molecule has 0 aromatic rings. The van der Waals surface area contributed by atoms with Crippen LogP contribution in [-0.4, -0.2) is 88.1 Å². The van der Waals surface area contributed by atoms with Crippen LogP contribution >= 0.6 is 0 Å². The van der Waals surface area contributed by atoms with E-state index in [1.165, 1.54) is 0 Å². The van der Waals surface area contributed by atoms with Crippen LogP contribution in [0, 0.1) is 17.8 Å². The summed E-state index contributed by atoms with van der Waals surface area (Å²) in [5, 5.41) is 19.6. The van der Waals surface area contributed by atoms with Crippen LogP contribution in [0.2, 0.25) is 0 Å². The summed E-state index contributed by atoms with van der Waals surface area (Å²) in [5.74, 6) is 0.665. The predicted molar refractivity (Wildman–Crippen MR) is 141 cm³/mol. The Bertz CT molecular complexity index is 848. The Morgan fingerprint density at radius 1 is 1.03 bits per heavy atom. The lowest BCUT2D eigenvalue weighted by molar-refractivity contribution is -0.126. The zero-order chi connectivity index (χ0) is 27.0. The van der Waals surface area contributed by atoms with Crippen molar-refractivity contribution >= 4 is 16.4 Å². The van der Waals surface area contributed by atoms with Gasteiger partial charge in [0.2, 0.25) is 5.91 Å². The van der Waals surface area contributed by atoms with Gasteiger partial charge in [-0.2, -0.15) is 8.42 Å². The SMILES string of the molecule is O=C(NCC1CCCC(OS(=O)(=O)F)C1)C1CCCC(NCC2NNC(C3CCNCC3)N2CCCO)C1. The van der Waals surface area contributed by atoms with Crippen LogP contribution in [0.1, 0.15) is 70.6 Å². The Morgan fingerprint density at radius 2 is 1.82 bits per heavy atom. The monoisotopic (exact) mass is 562 g/mol. The molecule has 4 aliphatic rings. The van der Waals surface area contributed by atoms with Crippen LogP contribution in [0.5, 0.6) is 0 Å². The number of hydrogen-bond donors (Lipinski definition) is 6. The van der Waals surface area contributed by atoms with Crippen LogP contribution in [0.15, 0.2) is 0 Å². The first-order chi connectivity index (χ1) is 18.3. The van der Waals surface area contributed by atoms with Crippen molar-refractivity contribution in [1.82, 2.24) is 31.7 Å². The van der Waals surface area contributed by atoms with Gasteiger partial charge in [-0.15, -0.1) is 0 Å². The van der Waals surface area contributed by atoms with Gasteiger partial charge in [-0.25, -0.2) is 15.0 Å². The molecule has 0 bridgehead atoms. The van der Waals surface area contributed by atoms with Gasteiger partial charge in [-0.05, 0) is 82.7 Å². The molecule has 38 heavy (non-hydrogen) atoms. The third-order valence-electron chi connectivity index (χ3n) is 8.76. The quantitative estimate of drug-likeness (QED) is 0.186. The second kappa shape index (κ2) is 14.6. The molecular weight excluding hydrogens is 515 g/mol. The molecule has 220 valence electrons. The first-order valence-electron chi connectivity index (χ1n) is 14.5. The number of nitrogens with one attached hydrogen (secondary N) is 5. The Kier molecular flexibility index (Phi) is 11.6. The van der Waals surface area contributed by atoms with Crippen molar-refractivity contribution in [3.05, 3.63) is 0 Å². The minimum absolute atomic E-state index is 0.0499. The number of aliphatic hydroxyl groups excluding tert-OH is 1. The largest absolute Gasteiger partial charge is 0.437 e. The number of hydrazine groups is 1. The van der Waals surface area contributed by atoms with E-state index in [0.717, 1.165) is 84.0 Å². The van der Waals surface area contributed by atoms with E-state index in [4.69, 9.17) is 0 Å². The summed E-state index contributed by atoms with van der Waals surface area (Å²) in [6, 6.07) is 0.265. The van der Waals surface area contributed by atoms with Crippen molar-refractivity contribution < 1.29 is 26.4 Å². The highest BCUT2D eigenvalue weighted by atomic mass is 32.3. The van der Waals surface area contributed by atoms with Gasteiger partial charge in [0, 0.05) is 38.2 Å². The maximum Gasteiger partial charge on any atom is 0.437 e. The molecule has 13 heteroatoms. The number of hydrogen-bond acceptors (Lipinski definition) is 10. The minimum atomic E-state index is -4.95. The van der Waals surface area contributed by atoms with Crippen molar-refractivity contribution in [3.63, 3.8) is 0 Å². The summed E-state index contributed by atoms with van der Waals surface area (Å²) >= 11 is 0. The van der Waals surface area contributed by atoms with Crippen LogP contribution in [0.3, 0.4) is 0 Å². The van der Waals surface area contributed by atoms with E-state index in [9.17, 15) is 22.2 Å². The molecule has 4 fully saturated rings. The van der Waals surface area contributed by atoms with E-state index < -0.39 is 16.6 Å². The molecule has 2 heterocycles. The lowest BCUT2D eigenvalue weighted by Crippen LogP contribution is -2.51. The Labute approximate surface area is 226 Å². The number of carbonyl (C=O) groups excluding carboxylic acids is 1. The molecule has 0 spiro atoms. The zero-order valence-electron chi connectivity index (χ0n) is 22.4. The Morgan fingerprint density at radius 3 is 2.58 bits per heavy atom. The second-order valence-electron chi connectivity index (χ2n) is 11.5. The zero-order valence-corrected chi connectivity index (χ0v) is 23.2. The van der Waals surface area contributed by atoms with Crippen molar-refractivity contribution in [1.29, 1.82) is 0 Å². The summed E-state index contributed by atoms with van der Waals surface area (Å²) < 4.78 is 39.1. The van der Waals surface area contributed by atoms with Crippen LogP contribution in [-0.2, 0) is 19.5 Å². The third-order valence-corrected chi connectivity index (χ3v) is 9.26. The Balaban J connectivity index is 1.21. The van der Waals surface area contributed by atoms with Crippen molar-refractivity contribution in [2.45, 2.75) is 95.1 Å². The molecule has 2 saturated heterocycles. The topological polar surface area (TPSA) is 144 Å². The average molecular weight is 563 g/mol. The van der Waals surface area contributed by atoms with E-state index in [2.05, 4.69) is 35.9 Å². The minimum Gasteiger partial charge on any atom is -0.396 e. The number of rotatable bonds is 12. The van der Waals surface area contributed by atoms with Crippen molar-refractivity contribution in [2.24, 2.45) is 17.8 Å². The fraction of sp³-hybridized carbons (Fsp3) is 0.960. The van der Waals surface area contributed by atoms with Gasteiger partial charge in [-0.3, -0.25) is 9.69 Å². The molecule has 4 rings (SSSR count). The molecule has 0 radical (unpaired) electrons. The highest BCUT2D eigenvalue weighted by Crippen LogP contribution is 2.29. The molecule has 1 amide bonds. The molecule has 0 aromatic carbocycles. The van der Waals surface area contributed by atoms with Crippen LogP contribution in [0.4, 0.5) is 3.89 Å². The van der Waals surface area contributed by atoms with Gasteiger partial charge in [0.1, 0.15) is 0 Å². The summed E-state index contributed by atoms with van der Waals surface area (Å²) in [6.07, 6.45) is 9.03. The van der Waals surface area contributed by atoms with E-state index in [-0.39, 0.29) is 42.7 Å². The number of halogens is 1. The standard InChI is InChI=1S/C25H47FN6O5S/c26-38(35,36)37-22-7-1-4-18(14-22)16-29-25(34)20-5-2-6-21(15-20)28-17-23-30-31-24(32(23)12-3-13-33)19-8-10-27-11-9-19/h18-24,27-28,30-31,33H,1-17H2,(H,29,34). The maximum atomic E-state index is 13.0. The number of carbonyl (C=O) groups is 1. The highest BCUT2D eigenvalue weighted by molar-refractivity contribution is 7.81. The van der Waals surface area contributed by atoms with E-state index in [1.807, 2.05) is 0 Å².